The van der Waals surface area contributed by atoms with Gasteiger partial charge in [0.05, 0.1) is 16.7 Å². The quantitative estimate of drug-likeness (QED) is 0.729. The van der Waals surface area contributed by atoms with Gasteiger partial charge in [-0.2, -0.15) is 29.8 Å². The smallest absolute Gasteiger partial charge is 0.312 e. The summed E-state index contributed by atoms with van der Waals surface area (Å²) in [6, 6.07) is 2.12. The standard InChI is InChI=1S/C17H15F3N2OS2/c1-8-3-9(2)14-10(4-8)11(5-21)16(25-14)22-15(23)12-6-24-7-13(12)17(18,19)20/h6-9H,3-4H2,1-2H3,(H,22,23). The summed E-state index contributed by atoms with van der Waals surface area (Å²) in [6.45, 7) is 4.18. The van der Waals surface area contributed by atoms with Crippen molar-refractivity contribution in [2.75, 3.05) is 5.32 Å². The summed E-state index contributed by atoms with van der Waals surface area (Å²) >= 11 is 2.13. The first-order valence-corrected chi connectivity index (χ1v) is 9.48. The Morgan fingerprint density at radius 3 is 2.72 bits per heavy atom. The highest BCUT2D eigenvalue weighted by atomic mass is 32.1. The molecule has 0 aromatic carbocycles. The van der Waals surface area contributed by atoms with E-state index in [1.165, 1.54) is 16.7 Å². The van der Waals surface area contributed by atoms with E-state index in [1.807, 2.05) is 0 Å². The number of carbonyl (C=O) groups is 1. The van der Waals surface area contributed by atoms with Crippen LogP contribution in [0.2, 0.25) is 0 Å². The van der Waals surface area contributed by atoms with Crippen LogP contribution in [-0.2, 0) is 12.6 Å². The zero-order chi connectivity index (χ0) is 18.4. The molecule has 132 valence electrons. The molecule has 0 saturated carbocycles. The number of hydrogen-bond acceptors (Lipinski definition) is 4. The molecule has 0 spiro atoms. The first-order valence-electron chi connectivity index (χ1n) is 7.72. The van der Waals surface area contributed by atoms with Gasteiger partial charge in [0, 0.05) is 15.6 Å². The van der Waals surface area contributed by atoms with Crippen molar-refractivity contribution in [3.63, 3.8) is 0 Å². The Morgan fingerprint density at radius 2 is 2.08 bits per heavy atom. The fraction of sp³-hybridized carbons (Fsp3) is 0.412. The molecule has 3 rings (SSSR count). The van der Waals surface area contributed by atoms with E-state index in [4.69, 9.17) is 0 Å². The van der Waals surface area contributed by atoms with Crippen LogP contribution in [0.3, 0.4) is 0 Å². The lowest BCUT2D eigenvalue weighted by Gasteiger charge is -2.24. The van der Waals surface area contributed by atoms with Gasteiger partial charge in [0.1, 0.15) is 11.1 Å². The van der Waals surface area contributed by atoms with Crippen molar-refractivity contribution in [2.45, 2.75) is 38.8 Å². The monoisotopic (exact) mass is 384 g/mol. The van der Waals surface area contributed by atoms with Crippen LogP contribution in [0.15, 0.2) is 10.8 Å². The van der Waals surface area contributed by atoms with Crippen LogP contribution in [0.25, 0.3) is 0 Å². The maximum atomic E-state index is 13.0. The van der Waals surface area contributed by atoms with Gasteiger partial charge in [-0.25, -0.2) is 0 Å². The van der Waals surface area contributed by atoms with Crippen molar-refractivity contribution in [2.24, 2.45) is 5.92 Å². The third kappa shape index (κ3) is 3.31. The Balaban J connectivity index is 1.95. The highest BCUT2D eigenvalue weighted by molar-refractivity contribution is 7.16. The molecule has 2 aromatic rings. The van der Waals surface area contributed by atoms with Crippen molar-refractivity contribution in [3.05, 3.63) is 37.9 Å². The number of thiophene rings is 2. The summed E-state index contributed by atoms with van der Waals surface area (Å²) in [5, 5.41) is 14.5. The zero-order valence-corrected chi connectivity index (χ0v) is 15.2. The average Bonchev–Trinajstić information content (AvgIpc) is 3.11. The molecule has 25 heavy (non-hydrogen) atoms. The molecule has 0 aliphatic heterocycles. The summed E-state index contributed by atoms with van der Waals surface area (Å²) in [4.78, 5) is 13.4. The second kappa shape index (κ2) is 6.46. The highest BCUT2D eigenvalue weighted by Gasteiger charge is 2.36. The molecule has 1 aliphatic carbocycles. The first kappa shape index (κ1) is 18.0. The molecule has 0 saturated heterocycles. The molecule has 0 bridgehead atoms. The largest absolute Gasteiger partial charge is 0.417 e. The van der Waals surface area contributed by atoms with E-state index in [2.05, 4.69) is 25.2 Å². The number of halogens is 3. The summed E-state index contributed by atoms with van der Waals surface area (Å²) in [7, 11) is 0. The van der Waals surface area contributed by atoms with Crippen molar-refractivity contribution < 1.29 is 18.0 Å². The van der Waals surface area contributed by atoms with Crippen LogP contribution >= 0.6 is 22.7 Å². The summed E-state index contributed by atoms with van der Waals surface area (Å²) in [5.41, 5.74) is -0.0445. The molecular weight excluding hydrogens is 369 g/mol. The van der Waals surface area contributed by atoms with Crippen LogP contribution in [0.4, 0.5) is 18.2 Å². The Kier molecular flexibility index (Phi) is 4.64. The number of alkyl halides is 3. The van der Waals surface area contributed by atoms with Gasteiger partial charge in [0.15, 0.2) is 0 Å². The number of carbonyl (C=O) groups excluding carboxylic acids is 1. The van der Waals surface area contributed by atoms with Crippen molar-refractivity contribution in [1.82, 2.24) is 0 Å². The number of amides is 1. The number of nitrogens with zero attached hydrogens (tertiary/aromatic N) is 1. The summed E-state index contributed by atoms with van der Waals surface area (Å²) in [6.07, 6.45) is -2.83. The van der Waals surface area contributed by atoms with Crippen molar-refractivity contribution >= 4 is 33.6 Å². The third-order valence-corrected chi connectivity index (χ3v) is 6.47. The van der Waals surface area contributed by atoms with Crippen LogP contribution in [0.5, 0.6) is 0 Å². The molecule has 1 N–H and O–H groups in total. The predicted molar refractivity (Wildman–Crippen MR) is 92.2 cm³/mol. The number of hydrogen-bond donors (Lipinski definition) is 1. The minimum absolute atomic E-state index is 0.272. The van der Waals surface area contributed by atoms with Crippen LogP contribution in [0, 0.1) is 17.2 Å². The minimum Gasteiger partial charge on any atom is -0.312 e. The van der Waals surface area contributed by atoms with E-state index in [9.17, 15) is 23.2 Å². The molecule has 8 heteroatoms. The molecule has 1 aliphatic rings. The lowest BCUT2D eigenvalue weighted by atomic mass is 9.82. The van der Waals surface area contributed by atoms with Gasteiger partial charge in [-0.3, -0.25) is 4.79 Å². The van der Waals surface area contributed by atoms with Crippen LogP contribution in [-0.4, -0.2) is 5.91 Å². The normalized spacial score (nSPS) is 20.0. The Hall–Kier alpha value is -1.85. The average molecular weight is 384 g/mol. The zero-order valence-electron chi connectivity index (χ0n) is 13.5. The van der Waals surface area contributed by atoms with E-state index in [-0.39, 0.29) is 5.92 Å². The van der Waals surface area contributed by atoms with Crippen LogP contribution < -0.4 is 5.32 Å². The lowest BCUT2D eigenvalue weighted by Crippen LogP contribution is -2.17. The van der Waals surface area contributed by atoms with Crippen molar-refractivity contribution in [3.8, 4) is 6.07 Å². The number of nitrogens with one attached hydrogen (secondary N) is 1. The Bertz CT molecular complexity index is 860. The molecule has 3 nitrogen and oxygen atoms in total. The maximum Gasteiger partial charge on any atom is 0.417 e. The number of fused-ring (bicyclic) bond motifs is 1. The van der Waals surface area contributed by atoms with Gasteiger partial charge >= 0.3 is 6.18 Å². The third-order valence-electron chi connectivity index (χ3n) is 4.35. The molecule has 2 aromatic heterocycles. The van der Waals surface area contributed by atoms with Gasteiger partial charge in [0.2, 0.25) is 0 Å². The van der Waals surface area contributed by atoms with Gasteiger partial charge in [-0.05, 0) is 30.2 Å². The number of rotatable bonds is 2. The Morgan fingerprint density at radius 1 is 1.36 bits per heavy atom. The maximum absolute atomic E-state index is 13.0. The molecule has 2 unspecified atom stereocenters. The van der Waals surface area contributed by atoms with Gasteiger partial charge in [-0.15, -0.1) is 11.3 Å². The van der Waals surface area contributed by atoms with Crippen molar-refractivity contribution in [1.29, 1.82) is 5.26 Å². The molecule has 1 amide bonds. The second-order valence-electron chi connectivity index (χ2n) is 6.36. The van der Waals surface area contributed by atoms with E-state index < -0.39 is 23.2 Å². The molecule has 2 heterocycles. The van der Waals surface area contributed by atoms with E-state index in [0.717, 1.165) is 40.0 Å². The fourth-order valence-electron chi connectivity index (χ4n) is 3.30. The SMILES string of the molecule is CC1Cc2c(sc(NC(=O)c3cscc3C(F)(F)F)c2C#N)C(C)C1. The molecule has 2 atom stereocenters. The topological polar surface area (TPSA) is 52.9 Å². The molecule has 0 fully saturated rings. The number of anilines is 1. The summed E-state index contributed by atoms with van der Waals surface area (Å²) < 4.78 is 38.9. The lowest BCUT2D eigenvalue weighted by molar-refractivity contribution is -0.137. The van der Waals surface area contributed by atoms with E-state index in [0.29, 0.717) is 16.5 Å². The fourth-order valence-corrected chi connectivity index (χ4v) is 5.37. The van der Waals surface area contributed by atoms with E-state index in [1.54, 1.807) is 0 Å². The van der Waals surface area contributed by atoms with E-state index >= 15 is 0 Å². The number of nitriles is 1. The Labute approximate surface area is 151 Å². The summed E-state index contributed by atoms with van der Waals surface area (Å²) in [5.74, 6) is -0.126. The van der Waals surface area contributed by atoms with Crippen LogP contribution in [0.1, 0.15) is 58.1 Å². The van der Waals surface area contributed by atoms with Gasteiger partial charge < -0.3 is 5.32 Å². The molecule has 0 radical (unpaired) electrons. The minimum atomic E-state index is -4.58. The van der Waals surface area contributed by atoms with Gasteiger partial charge in [-0.1, -0.05) is 13.8 Å². The second-order valence-corrected chi connectivity index (χ2v) is 8.15. The van der Waals surface area contributed by atoms with Gasteiger partial charge in [0.25, 0.3) is 5.91 Å². The first-order chi connectivity index (χ1) is 11.7. The molecular formula is C17H15F3N2OS2. The predicted octanol–water partition coefficient (Wildman–Crippen LogP) is 5.64. The highest BCUT2D eigenvalue weighted by Crippen LogP contribution is 2.45.